The fourth-order valence-corrected chi connectivity index (χ4v) is 1.45. The quantitative estimate of drug-likeness (QED) is 0.415. The van der Waals surface area contributed by atoms with Crippen molar-refractivity contribution in [2.45, 2.75) is 32.6 Å². The number of carbonyl (C=O) groups excluding carboxylic acids is 1. The van der Waals surface area contributed by atoms with Gasteiger partial charge in [-0.25, -0.2) is 0 Å². The van der Waals surface area contributed by atoms with E-state index in [0.717, 1.165) is 12.0 Å². The van der Waals surface area contributed by atoms with Crippen LogP contribution in [0.1, 0.15) is 37.3 Å². The van der Waals surface area contributed by atoms with Crippen LogP contribution in [0.3, 0.4) is 0 Å². The zero-order valence-electron chi connectivity index (χ0n) is 9.12. The number of hydrogen-bond donors (Lipinski definition) is 0. The smallest absolute Gasteiger partial charge is 0.193 e. The Balaban J connectivity index is 2.52. The first-order chi connectivity index (χ1) is 7.36. The number of benzene rings is 1. The first-order valence-corrected chi connectivity index (χ1v) is 5.41. The summed E-state index contributed by atoms with van der Waals surface area (Å²) >= 11 is 0. The maximum absolute atomic E-state index is 10.0. The Morgan fingerprint density at radius 1 is 1.20 bits per heavy atom. The fourth-order valence-electron chi connectivity index (χ4n) is 1.45. The molecule has 0 bridgehead atoms. The molecule has 1 aromatic rings. The molecule has 0 heterocycles. The molecule has 0 spiro atoms. The third kappa shape index (κ3) is 4.46. The van der Waals surface area contributed by atoms with Crippen molar-refractivity contribution in [1.29, 1.82) is 0 Å². The summed E-state index contributed by atoms with van der Waals surface area (Å²) in [6.07, 6.45) is 5.54. The van der Waals surface area contributed by atoms with Crippen LogP contribution >= 0.6 is 0 Å². The lowest BCUT2D eigenvalue weighted by atomic mass is 10.1. The van der Waals surface area contributed by atoms with E-state index < -0.39 is 0 Å². The molecule has 0 saturated heterocycles. The molecule has 0 aromatic heterocycles. The van der Waals surface area contributed by atoms with Gasteiger partial charge in [0.15, 0.2) is 6.29 Å². The van der Waals surface area contributed by atoms with Gasteiger partial charge < -0.3 is 0 Å². The highest BCUT2D eigenvalue weighted by Gasteiger charge is 1.92. The summed E-state index contributed by atoms with van der Waals surface area (Å²) < 4.78 is 0. The van der Waals surface area contributed by atoms with E-state index in [1.165, 1.54) is 24.8 Å². The average Bonchev–Trinajstić information content (AvgIpc) is 2.28. The van der Waals surface area contributed by atoms with Crippen LogP contribution in [0.5, 0.6) is 0 Å². The Labute approximate surface area is 91.5 Å². The summed E-state index contributed by atoms with van der Waals surface area (Å²) in [5.74, 6) is 5.18. The van der Waals surface area contributed by atoms with Gasteiger partial charge in [0, 0.05) is 5.56 Å². The summed E-state index contributed by atoms with van der Waals surface area (Å²) in [6.45, 7) is 2.21. The minimum Gasteiger partial charge on any atom is -0.289 e. The molecule has 0 aliphatic heterocycles. The molecule has 0 radical (unpaired) electrons. The van der Waals surface area contributed by atoms with E-state index in [4.69, 9.17) is 0 Å². The molecule has 0 aliphatic carbocycles. The Morgan fingerprint density at radius 2 is 1.93 bits per heavy atom. The maximum atomic E-state index is 10.0. The molecule has 0 atom stereocenters. The molecular weight excluding hydrogens is 184 g/mol. The van der Waals surface area contributed by atoms with Gasteiger partial charge in [-0.05, 0) is 36.5 Å². The van der Waals surface area contributed by atoms with Gasteiger partial charge in [-0.3, -0.25) is 4.79 Å². The second-order valence-electron chi connectivity index (χ2n) is 3.54. The van der Waals surface area contributed by atoms with Crippen molar-refractivity contribution in [1.82, 2.24) is 0 Å². The molecule has 15 heavy (non-hydrogen) atoms. The van der Waals surface area contributed by atoms with Gasteiger partial charge in [0.1, 0.15) is 0 Å². The number of unbranched alkanes of at least 4 members (excludes halogenated alkanes) is 2. The van der Waals surface area contributed by atoms with Crippen molar-refractivity contribution < 1.29 is 4.79 Å². The van der Waals surface area contributed by atoms with E-state index in [0.29, 0.717) is 6.29 Å². The zero-order valence-corrected chi connectivity index (χ0v) is 9.12. The topological polar surface area (TPSA) is 17.1 Å². The van der Waals surface area contributed by atoms with Gasteiger partial charge in [0.05, 0.1) is 0 Å². The van der Waals surface area contributed by atoms with Crippen LogP contribution in [-0.2, 0) is 11.2 Å². The largest absolute Gasteiger partial charge is 0.289 e. The van der Waals surface area contributed by atoms with E-state index in [2.05, 4.69) is 30.9 Å². The zero-order chi connectivity index (χ0) is 10.9. The monoisotopic (exact) mass is 200 g/mol. The molecule has 1 heteroatoms. The molecule has 1 aromatic carbocycles. The third-order valence-electron chi connectivity index (χ3n) is 2.30. The van der Waals surface area contributed by atoms with Crippen LogP contribution < -0.4 is 0 Å². The van der Waals surface area contributed by atoms with E-state index in [-0.39, 0.29) is 0 Å². The number of aryl methyl sites for hydroxylation is 1. The first-order valence-electron chi connectivity index (χ1n) is 5.41. The minimum absolute atomic E-state index is 0.620. The first kappa shape index (κ1) is 11.5. The molecule has 0 aliphatic rings. The SMILES string of the molecule is CCCCCc1ccc(C#CC=O)cc1. The molecule has 0 N–H and O–H groups in total. The Kier molecular flexibility index (Phi) is 5.25. The number of rotatable bonds is 4. The van der Waals surface area contributed by atoms with Gasteiger partial charge in [-0.15, -0.1) is 0 Å². The summed E-state index contributed by atoms with van der Waals surface area (Å²) in [5, 5.41) is 0. The highest BCUT2D eigenvalue weighted by molar-refractivity contribution is 5.73. The summed E-state index contributed by atoms with van der Waals surface area (Å²) in [5.41, 5.74) is 2.25. The molecule has 0 saturated carbocycles. The number of hydrogen-bond acceptors (Lipinski definition) is 1. The van der Waals surface area contributed by atoms with Crippen molar-refractivity contribution in [3.8, 4) is 11.8 Å². The van der Waals surface area contributed by atoms with Gasteiger partial charge in [-0.2, -0.15) is 0 Å². The predicted octanol–water partition coefficient (Wildman–Crippen LogP) is 2.97. The average molecular weight is 200 g/mol. The second-order valence-corrected chi connectivity index (χ2v) is 3.54. The van der Waals surface area contributed by atoms with Crippen molar-refractivity contribution in [3.63, 3.8) is 0 Å². The predicted molar refractivity (Wildman–Crippen MR) is 62.6 cm³/mol. The molecule has 1 rings (SSSR count). The number of carbonyl (C=O) groups is 1. The van der Waals surface area contributed by atoms with E-state index in [9.17, 15) is 4.79 Å². The van der Waals surface area contributed by atoms with Crippen LogP contribution in [0.4, 0.5) is 0 Å². The lowest BCUT2D eigenvalue weighted by molar-refractivity contribution is -0.103. The van der Waals surface area contributed by atoms with Crippen LogP contribution in [0, 0.1) is 11.8 Å². The highest BCUT2D eigenvalue weighted by Crippen LogP contribution is 2.08. The third-order valence-corrected chi connectivity index (χ3v) is 2.30. The summed E-state index contributed by atoms with van der Waals surface area (Å²) in [7, 11) is 0. The Bertz CT molecular complexity index is 351. The van der Waals surface area contributed by atoms with Gasteiger partial charge in [0.2, 0.25) is 0 Å². The van der Waals surface area contributed by atoms with Crippen LogP contribution in [0.15, 0.2) is 24.3 Å². The molecule has 1 nitrogen and oxygen atoms in total. The van der Waals surface area contributed by atoms with Gasteiger partial charge in [-0.1, -0.05) is 37.8 Å². The number of aldehydes is 1. The fraction of sp³-hybridized carbons (Fsp3) is 0.357. The van der Waals surface area contributed by atoms with Crippen LogP contribution in [-0.4, -0.2) is 6.29 Å². The molecule has 0 unspecified atom stereocenters. The van der Waals surface area contributed by atoms with Gasteiger partial charge in [0.25, 0.3) is 0 Å². The lowest BCUT2D eigenvalue weighted by Gasteiger charge is -2.00. The molecule has 78 valence electrons. The highest BCUT2D eigenvalue weighted by atomic mass is 16.1. The second kappa shape index (κ2) is 6.84. The normalized spacial score (nSPS) is 9.13. The minimum atomic E-state index is 0.620. The molecule has 0 fully saturated rings. The Hall–Kier alpha value is -1.55. The summed E-state index contributed by atoms with van der Waals surface area (Å²) in [4.78, 5) is 10.0. The van der Waals surface area contributed by atoms with E-state index in [1.54, 1.807) is 0 Å². The van der Waals surface area contributed by atoms with Crippen LogP contribution in [0.2, 0.25) is 0 Å². The van der Waals surface area contributed by atoms with E-state index >= 15 is 0 Å². The molecule has 0 amide bonds. The molecular formula is C14H16O. The van der Waals surface area contributed by atoms with Crippen molar-refractivity contribution in [3.05, 3.63) is 35.4 Å². The maximum Gasteiger partial charge on any atom is 0.193 e. The van der Waals surface area contributed by atoms with Crippen molar-refractivity contribution >= 4 is 6.29 Å². The van der Waals surface area contributed by atoms with E-state index in [1.807, 2.05) is 12.1 Å². The standard InChI is InChI=1S/C14H16O/c1-2-3-4-6-13-8-10-14(11-9-13)7-5-12-15/h8-12H,2-4,6H2,1H3. The lowest BCUT2D eigenvalue weighted by Crippen LogP contribution is -1.85. The van der Waals surface area contributed by atoms with Crippen LogP contribution in [0.25, 0.3) is 0 Å². The van der Waals surface area contributed by atoms with Crippen molar-refractivity contribution in [2.24, 2.45) is 0 Å². The Morgan fingerprint density at radius 3 is 2.53 bits per heavy atom. The van der Waals surface area contributed by atoms with Crippen molar-refractivity contribution in [2.75, 3.05) is 0 Å². The van der Waals surface area contributed by atoms with Gasteiger partial charge >= 0.3 is 0 Å². The summed E-state index contributed by atoms with van der Waals surface area (Å²) in [6, 6.07) is 8.12.